The maximum absolute atomic E-state index is 12.7. The molecule has 0 saturated carbocycles. The van der Waals surface area contributed by atoms with E-state index >= 15 is 0 Å². The Balaban J connectivity index is 7.85. The predicted molar refractivity (Wildman–Crippen MR) is 330 cm³/mol. The van der Waals surface area contributed by atoms with Crippen molar-refractivity contribution in [2.75, 3.05) is 92.6 Å². The van der Waals surface area contributed by atoms with Gasteiger partial charge in [0, 0.05) is 0 Å². The summed E-state index contributed by atoms with van der Waals surface area (Å²) in [5.74, 6) is -1.24. The third-order valence-electron chi connectivity index (χ3n) is 14.9. The number of ether oxygens (including phenoxy) is 12. The number of ketones is 5. The van der Waals surface area contributed by atoms with Crippen molar-refractivity contribution >= 4 is 28.9 Å². The second-order valence-electron chi connectivity index (χ2n) is 27.6. The summed E-state index contributed by atoms with van der Waals surface area (Å²) in [6.45, 7) is 55.5. The molecule has 18 nitrogen and oxygen atoms in total. The molecule has 0 aliphatic carbocycles. The Kier molecular flexibility index (Phi) is 32.9. The van der Waals surface area contributed by atoms with Gasteiger partial charge in [0.25, 0.3) is 0 Å². The van der Waals surface area contributed by atoms with E-state index in [1.165, 1.54) is 30.4 Å². The average molecular weight is 1190 g/mol. The molecule has 0 aliphatic rings. The lowest BCUT2D eigenvalue weighted by Crippen LogP contribution is -2.50. The minimum absolute atomic E-state index is 0.00735. The van der Waals surface area contributed by atoms with Gasteiger partial charge in [-0.15, -0.1) is 0 Å². The number of hydrogen-bond donors (Lipinski definition) is 1. The largest absolute Gasteiger partial charge is 0.380 e. The Morgan fingerprint density at radius 2 is 0.452 bits per heavy atom. The van der Waals surface area contributed by atoms with Gasteiger partial charge in [0.1, 0.15) is 28.0 Å². The van der Waals surface area contributed by atoms with Gasteiger partial charge in [-0.05, 0) is 201 Å². The third kappa shape index (κ3) is 30.4. The van der Waals surface area contributed by atoms with Gasteiger partial charge < -0.3 is 62.6 Å². The van der Waals surface area contributed by atoms with Crippen molar-refractivity contribution in [1.29, 1.82) is 0 Å². The van der Waals surface area contributed by atoms with Crippen molar-refractivity contribution in [2.24, 2.45) is 16.6 Å². The summed E-state index contributed by atoms with van der Waals surface area (Å²) in [7, 11) is 0. The van der Waals surface area contributed by atoms with Gasteiger partial charge in [0.05, 0.1) is 131 Å². The monoisotopic (exact) mass is 1190 g/mol. The molecule has 0 amide bonds. The van der Waals surface area contributed by atoms with E-state index in [1.807, 2.05) is 69.2 Å². The number of carbonyl (C=O) groups is 5. The zero-order chi connectivity index (χ0) is 65.3. The molecule has 0 aromatic rings. The highest BCUT2D eigenvalue weighted by Gasteiger charge is 2.43. The summed E-state index contributed by atoms with van der Waals surface area (Å²) >= 11 is 0. The molecular formula is C66H115NO17. The molecule has 0 fully saturated rings. The average Bonchev–Trinajstić information content (AvgIpc) is 3.58. The molecule has 0 radical (unpaired) electrons. The van der Waals surface area contributed by atoms with Gasteiger partial charge in [0.15, 0.2) is 28.9 Å². The van der Waals surface area contributed by atoms with E-state index in [-0.39, 0.29) is 122 Å². The first kappa shape index (κ1) is 80.5. The first-order valence-electron chi connectivity index (χ1n) is 29.3. The van der Waals surface area contributed by atoms with Crippen molar-refractivity contribution < 1.29 is 80.8 Å². The van der Waals surface area contributed by atoms with Crippen LogP contribution in [0, 0.1) is 10.8 Å². The van der Waals surface area contributed by atoms with Gasteiger partial charge in [-0.1, -0.05) is 32.9 Å². The van der Waals surface area contributed by atoms with E-state index in [2.05, 4.69) is 32.9 Å². The maximum atomic E-state index is 12.7. The van der Waals surface area contributed by atoms with Gasteiger partial charge in [-0.25, -0.2) is 0 Å². The predicted octanol–water partition coefficient (Wildman–Crippen LogP) is 10.6. The molecule has 0 atom stereocenters. The van der Waals surface area contributed by atoms with Crippen LogP contribution in [0.5, 0.6) is 0 Å². The van der Waals surface area contributed by atoms with Crippen LogP contribution in [0.2, 0.25) is 0 Å². The van der Waals surface area contributed by atoms with Crippen LogP contribution in [0.25, 0.3) is 0 Å². The molecule has 18 heteroatoms. The molecule has 2 N–H and O–H groups in total. The number of rotatable bonds is 52. The van der Waals surface area contributed by atoms with E-state index in [0.29, 0.717) is 32.1 Å². The second kappa shape index (κ2) is 34.3. The Hall–Kier alpha value is -3.47. The summed E-state index contributed by atoms with van der Waals surface area (Å²) < 4.78 is 77.8. The fourth-order valence-corrected chi connectivity index (χ4v) is 7.71. The van der Waals surface area contributed by atoms with Crippen LogP contribution in [0.15, 0.2) is 63.3 Å². The molecular weight excluding hydrogens is 1080 g/mol. The first-order chi connectivity index (χ1) is 38.2. The van der Waals surface area contributed by atoms with Gasteiger partial charge in [-0.3, -0.25) is 24.0 Å². The minimum atomic E-state index is -1.10. The van der Waals surface area contributed by atoms with Crippen LogP contribution in [-0.2, 0) is 80.8 Å². The molecule has 0 bridgehead atoms. The summed E-state index contributed by atoms with van der Waals surface area (Å²) in [5, 5.41) is 0. The summed E-state index contributed by atoms with van der Waals surface area (Å²) in [6.07, 6.45) is 8.22. The van der Waals surface area contributed by atoms with Gasteiger partial charge in [-0.2, -0.15) is 0 Å². The smallest absolute Gasteiger partial charge is 0.186 e. The summed E-state index contributed by atoms with van der Waals surface area (Å²) in [5.41, 5.74) is -5.61. The van der Waals surface area contributed by atoms with Crippen LogP contribution in [0.3, 0.4) is 0 Å². The summed E-state index contributed by atoms with van der Waals surface area (Å²) in [4.78, 5) is 63.1. The topological polar surface area (TPSA) is 222 Å². The van der Waals surface area contributed by atoms with Gasteiger partial charge >= 0.3 is 0 Å². The van der Waals surface area contributed by atoms with E-state index < -0.39 is 66.8 Å². The standard InChI is InChI=1S/C66H115NO17/c1-26-50(68)60(16,17)75-36-31-55(6,7)80-44-65(43-74-49-67,45-81-56(8,9)32-37-76-61(18,19)51(69)27-2)41-73-42-66(46-82-57(10,11)33-38-77-62(20,21)52(70)28-3,47-83-58(12,13)34-39-78-63(22,23)53(71)29-4)48-84-59(14,15)35-40-79-64(24,25)54(72)30-5/h26-30H,1-5,31-49,67H2,6-25H3. The number of hydrogen-bond acceptors (Lipinski definition) is 18. The Morgan fingerprint density at radius 3 is 0.619 bits per heavy atom. The highest BCUT2D eigenvalue weighted by Crippen LogP contribution is 2.34. The molecule has 0 unspecified atom stereocenters. The van der Waals surface area contributed by atoms with Crippen LogP contribution < -0.4 is 5.73 Å². The number of carbonyl (C=O) groups excluding carboxylic acids is 5. The Labute approximate surface area is 507 Å². The molecule has 0 spiro atoms. The molecule has 486 valence electrons. The Morgan fingerprint density at radius 1 is 0.286 bits per heavy atom. The highest BCUT2D eigenvalue weighted by atomic mass is 16.6. The zero-order valence-corrected chi connectivity index (χ0v) is 55.9. The Bertz CT molecular complexity index is 1940. The molecule has 0 heterocycles. The third-order valence-corrected chi connectivity index (χ3v) is 14.9. The van der Waals surface area contributed by atoms with Crippen molar-refractivity contribution in [1.82, 2.24) is 0 Å². The van der Waals surface area contributed by atoms with Crippen LogP contribution in [-0.4, -0.2) is 178 Å². The van der Waals surface area contributed by atoms with Crippen molar-refractivity contribution in [3.05, 3.63) is 63.3 Å². The van der Waals surface area contributed by atoms with Crippen molar-refractivity contribution in [3.63, 3.8) is 0 Å². The molecule has 84 heavy (non-hydrogen) atoms. The number of nitrogens with two attached hydrogens (primary N) is 1. The fraction of sp³-hybridized carbons (Fsp3) is 0.773. The lowest BCUT2D eigenvalue weighted by Gasteiger charge is -2.42. The van der Waals surface area contributed by atoms with Crippen molar-refractivity contribution in [2.45, 2.75) is 227 Å². The van der Waals surface area contributed by atoms with E-state index in [4.69, 9.17) is 62.6 Å². The first-order valence-corrected chi connectivity index (χ1v) is 29.3. The summed E-state index contributed by atoms with van der Waals surface area (Å²) in [6, 6.07) is 0. The fourth-order valence-electron chi connectivity index (χ4n) is 7.71. The van der Waals surface area contributed by atoms with Crippen LogP contribution >= 0.6 is 0 Å². The van der Waals surface area contributed by atoms with Crippen LogP contribution in [0.1, 0.15) is 171 Å². The maximum Gasteiger partial charge on any atom is 0.186 e. The lowest BCUT2D eigenvalue weighted by atomic mass is 9.88. The van der Waals surface area contributed by atoms with Crippen molar-refractivity contribution in [3.8, 4) is 0 Å². The molecule has 0 aliphatic heterocycles. The lowest BCUT2D eigenvalue weighted by molar-refractivity contribution is -0.199. The quantitative estimate of drug-likeness (QED) is 0.0442. The SMILES string of the molecule is C=CC(=O)C(C)(C)OCCC(C)(C)OCC(COCN)(COCC(COC(C)(C)CCOC(C)(C)C(=O)C=C)(COC(C)(C)CCOC(C)(C)C(=O)C=C)COC(C)(C)CCOC(C)(C)C(=O)C=C)COC(C)(C)CCOC(C)(C)C(=O)C=C. The second-order valence-corrected chi connectivity index (χ2v) is 27.6. The zero-order valence-electron chi connectivity index (χ0n) is 55.9. The van der Waals surface area contributed by atoms with E-state index in [9.17, 15) is 24.0 Å². The normalized spacial score (nSPS) is 13.8. The van der Waals surface area contributed by atoms with E-state index in [1.54, 1.807) is 69.2 Å². The highest BCUT2D eigenvalue weighted by molar-refractivity contribution is 5.97. The van der Waals surface area contributed by atoms with Gasteiger partial charge in [0.2, 0.25) is 0 Å². The molecule has 0 aromatic carbocycles. The molecule has 0 rings (SSSR count). The molecule has 0 aromatic heterocycles. The minimum Gasteiger partial charge on any atom is -0.380 e. The van der Waals surface area contributed by atoms with E-state index in [0.717, 1.165) is 0 Å². The van der Waals surface area contributed by atoms with Crippen LogP contribution in [0.4, 0.5) is 0 Å². The molecule has 0 saturated heterocycles.